The van der Waals surface area contributed by atoms with E-state index in [1.165, 1.54) is 121 Å². The Labute approximate surface area is 226 Å². The van der Waals surface area contributed by atoms with Crippen molar-refractivity contribution in [3.63, 3.8) is 0 Å². The summed E-state index contributed by atoms with van der Waals surface area (Å²) in [5.41, 5.74) is 2.57. The molecule has 3 heteroatoms. The second-order valence-electron chi connectivity index (χ2n) is 11.4. The Balaban J connectivity index is 1.38. The third-order valence-corrected chi connectivity index (χ3v) is 8.30. The van der Waals surface area contributed by atoms with Crippen molar-refractivity contribution in [1.82, 2.24) is 4.98 Å². The molecule has 0 unspecified atom stereocenters. The molecule has 3 rings (SSSR count). The van der Waals surface area contributed by atoms with Gasteiger partial charge < -0.3 is 4.74 Å². The number of halogens is 1. The number of nitrogens with zero attached hydrogens (tertiary/aromatic N) is 1. The molecular formula is C34H52FNO. The molecule has 0 aliphatic heterocycles. The molecule has 2 aromatic rings. The van der Waals surface area contributed by atoms with E-state index in [0.29, 0.717) is 29.5 Å². The molecule has 1 saturated carbocycles. The Morgan fingerprint density at radius 2 is 1.41 bits per heavy atom. The molecular weight excluding hydrogens is 457 g/mol. The standard InChI is InChI=1S/C34H52FNO/c1-3-5-7-9-11-12-14-16-28-17-19-29(20-18-28)30-21-24-34(36-27-30)32-23-22-31(26-33(32)35)37-25-15-13-10-8-6-4-2/h21-24,26-29H,3-20,25H2,1-2H3/t28-,29-. The molecule has 1 aromatic heterocycles. The molecule has 0 atom stereocenters. The van der Waals surface area contributed by atoms with Crippen molar-refractivity contribution in [1.29, 1.82) is 0 Å². The minimum absolute atomic E-state index is 0.258. The lowest BCUT2D eigenvalue weighted by atomic mass is 9.77. The number of hydrogen-bond donors (Lipinski definition) is 0. The van der Waals surface area contributed by atoms with E-state index in [9.17, 15) is 4.39 Å². The average Bonchev–Trinajstić information content (AvgIpc) is 2.93. The van der Waals surface area contributed by atoms with Gasteiger partial charge in [-0.3, -0.25) is 4.98 Å². The van der Waals surface area contributed by atoms with Gasteiger partial charge >= 0.3 is 0 Å². The first-order chi connectivity index (χ1) is 18.2. The zero-order valence-electron chi connectivity index (χ0n) is 23.8. The SMILES string of the molecule is CCCCCCCCC[C@H]1CC[C@H](c2ccc(-c3ccc(OCCCCCCCC)cc3F)nc2)CC1. The molecule has 1 aliphatic carbocycles. The summed E-state index contributed by atoms with van der Waals surface area (Å²) in [6, 6.07) is 9.36. The Bertz CT molecular complexity index is 857. The molecule has 0 N–H and O–H groups in total. The van der Waals surface area contributed by atoms with Gasteiger partial charge in [-0.1, -0.05) is 103 Å². The first kappa shape index (κ1) is 29.7. The number of rotatable bonds is 18. The second-order valence-corrected chi connectivity index (χ2v) is 11.4. The van der Waals surface area contributed by atoms with Crippen LogP contribution < -0.4 is 4.74 Å². The number of aromatic nitrogens is 1. The Morgan fingerprint density at radius 1 is 0.757 bits per heavy atom. The third kappa shape index (κ3) is 10.8. The van der Waals surface area contributed by atoms with E-state index in [1.807, 2.05) is 24.4 Å². The molecule has 0 bridgehead atoms. The van der Waals surface area contributed by atoms with E-state index < -0.39 is 0 Å². The fourth-order valence-corrected chi connectivity index (χ4v) is 5.85. The molecule has 1 aromatic carbocycles. The lowest BCUT2D eigenvalue weighted by molar-refractivity contribution is 0.301. The summed E-state index contributed by atoms with van der Waals surface area (Å²) in [7, 11) is 0. The monoisotopic (exact) mass is 509 g/mol. The summed E-state index contributed by atoms with van der Waals surface area (Å²) in [4.78, 5) is 4.66. The van der Waals surface area contributed by atoms with Gasteiger partial charge in [0.05, 0.1) is 12.3 Å². The van der Waals surface area contributed by atoms with Crippen LogP contribution in [-0.2, 0) is 0 Å². The molecule has 206 valence electrons. The predicted octanol–water partition coefficient (Wildman–Crippen LogP) is 11.0. The zero-order valence-corrected chi connectivity index (χ0v) is 23.8. The summed E-state index contributed by atoms with van der Waals surface area (Å²) >= 11 is 0. The fourth-order valence-electron chi connectivity index (χ4n) is 5.85. The molecule has 0 saturated heterocycles. The highest BCUT2D eigenvalue weighted by atomic mass is 19.1. The highest BCUT2D eigenvalue weighted by Crippen LogP contribution is 2.38. The van der Waals surface area contributed by atoms with Crippen molar-refractivity contribution in [3.8, 4) is 17.0 Å². The van der Waals surface area contributed by atoms with Crippen LogP contribution in [0.4, 0.5) is 4.39 Å². The summed E-state index contributed by atoms with van der Waals surface area (Å²) in [6.07, 6.45) is 25.8. The topological polar surface area (TPSA) is 22.1 Å². The number of benzene rings is 1. The van der Waals surface area contributed by atoms with Gasteiger partial charge in [-0.25, -0.2) is 4.39 Å². The third-order valence-electron chi connectivity index (χ3n) is 8.30. The Kier molecular flexibility index (Phi) is 14.1. The highest BCUT2D eigenvalue weighted by molar-refractivity contribution is 5.61. The molecule has 0 spiro atoms. The van der Waals surface area contributed by atoms with E-state index >= 15 is 0 Å². The van der Waals surface area contributed by atoms with Gasteiger partial charge in [0.25, 0.3) is 0 Å². The smallest absolute Gasteiger partial charge is 0.136 e. The first-order valence-corrected chi connectivity index (χ1v) is 15.6. The van der Waals surface area contributed by atoms with E-state index in [2.05, 4.69) is 24.9 Å². The molecule has 1 heterocycles. The van der Waals surface area contributed by atoms with Crippen molar-refractivity contribution in [2.24, 2.45) is 5.92 Å². The lowest BCUT2D eigenvalue weighted by Gasteiger charge is -2.28. The molecule has 0 amide bonds. The average molecular weight is 510 g/mol. The first-order valence-electron chi connectivity index (χ1n) is 15.6. The number of unbranched alkanes of at least 4 members (excludes halogenated alkanes) is 11. The maximum absolute atomic E-state index is 14.8. The van der Waals surface area contributed by atoms with Gasteiger partial charge in [-0.15, -0.1) is 0 Å². The minimum atomic E-state index is -0.258. The number of pyridine rings is 1. The van der Waals surface area contributed by atoms with Crippen molar-refractivity contribution >= 4 is 0 Å². The molecule has 0 radical (unpaired) electrons. The fraction of sp³-hybridized carbons (Fsp3) is 0.676. The van der Waals surface area contributed by atoms with Crippen LogP contribution in [0, 0.1) is 11.7 Å². The summed E-state index contributed by atoms with van der Waals surface area (Å²) in [5, 5.41) is 0. The number of ether oxygens (including phenoxy) is 1. The molecule has 1 aliphatic rings. The van der Waals surface area contributed by atoms with Crippen LogP contribution in [0.2, 0.25) is 0 Å². The van der Waals surface area contributed by atoms with Gasteiger partial charge in [-0.05, 0) is 67.7 Å². The van der Waals surface area contributed by atoms with E-state index in [0.717, 1.165) is 12.3 Å². The summed E-state index contributed by atoms with van der Waals surface area (Å²) in [6.45, 7) is 5.17. The van der Waals surface area contributed by atoms with E-state index in [-0.39, 0.29) is 5.82 Å². The zero-order chi connectivity index (χ0) is 26.1. The van der Waals surface area contributed by atoms with E-state index in [4.69, 9.17) is 4.74 Å². The maximum atomic E-state index is 14.8. The van der Waals surface area contributed by atoms with Crippen LogP contribution in [0.15, 0.2) is 36.5 Å². The van der Waals surface area contributed by atoms with Crippen molar-refractivity contribution in [3.05, 3.63) is 47.9 Å². The van der Waals surface area contributed by atoms with Gasteiger partial charge in [0, 0.05) is 17.8 Å². The van der Waals surface area contributed by atoms with Gasteiger partial charge in [0.1, 0.15) is 11.6 Å². The van der Waals surface area contributed by atoms with Crippen LogP contribution >= 0.6 is 0 Å². The van der Waals surface area contributed by atoms with Gasteiger partial charge in [0.2, 0.25) is 0 Å². The summed E-state index contributed by atoms with van der Waals surface area (Å²) < 4.78 is 20.6. The van der Waals surface area contributed by atoms with Crippen LogP contribution in [0.5, 0.6) is 5.75 Å². The Morgan fingerprint density at radius 3 is 2.03 bits per heavy atom. The van der Waals surface area contributed by atoms with Crippen LogP contribution in [-0.4, -0.2) is 11.6 Å². The second kappa shape index (κ2) is 17.6. The van der Waals surface area contributed by atoms with Crippen LogP contribution in [0.3, 0.4) is 0 Å². The number of hydrogen-bond acceptors (Lipinski definition) is 2. The van der Waals surface area contributed by atoms with Crippen molar-refractivity contribution in [2.45, 2.75) is 135 Å². The predicted molar refractivity (Wildman–Crippen MR) is 156 cm³/mol. The van der Waals surface area contributed by atoms with Crippen LogP contribution in [0.25, 0.3) is 11.3 Å². The molecule has 2 nitrogen and oxygen atoms in total. The van der Waals surface area contributed by atoms with Gasteiger partial charge in [0.15, 0.2) is 0 Å². The van der Waals surface area contributed by atoms with Crippen molar-refractivity contribution < 1.29 is 9.13 Å². The maximum Gasteiger partial charge on any atom is 0.136 e. The highest BCUT2D eigenvalue weighted by Gasteiger charge is 2.22. The minimum Gasteiger partial charge on any atom is -0.493 e. The lowest BCUT2D eigenvalue weighted by Crippen LogP contribution is -2.13. The van der Waals surface area contributed by atoms with E-state index in [1.54, 1.807) is 0 Å². The quantitative estimate of drug-likeness (QED) is 0.186. The molecule has 1 fully saturated rings. The summed E-state index contributed by atoms with van der Waals surface area (Å²) in [5.74, 6) is 1.87. The van der Waals surface area contributed by atoms with Crippen LogP contribution in [0.1, 0.15) is 141 Å². The normalized spacial score (nSPS) is 17.7. The van der Waals surface area contributed by atoms with Gasteiger partial charge in [-0.2, -0.15) is 0 Å². The Hall–Kier alpha value is -1.90. The van der Waals surface area contributed by atoms with Crippen molar-refractivity contribution in [2.75, 3.05) is 6.61 Å². The largest absolute Gasteiger partial charge is 0.493 e. The molecule has 37 heavy (non-hydrogen) atoms.